The number of amides is 2. The van der Waals surface area contributed by atoms with Crippen molar-refractivity contribution in [1.82, 2.24) is 14.5 Å². The first-order chi connectivity index (χ1) is 17.2. The molecule has 0 saturated carbocycles. The van der Waals surface area contributed by atoms with Crippen molar-refractivity contribution < 1.29 is 38.2 Å². The minimum Gasteiger partial charge on any atom is -0.464 e. The molecular formula is C24H28N4O8. The lowest BCUT2D eigenvalue weighted by atomic mass is 9.92. The van der Waals surface area contributed by atoms with Gasteiger partial charge in [-0.2, -0.15) is 14.9 Å². The van der Waals surface area contributed by atoms with Gasteiger partial charge in [0.1, 0.15) is 0 Å². The summed E-state index contributed by atoms with van der Waals surface area (Å²) in [7, 11) is 0. The zero-order valence-electron chi connectivity index (χ0n) is 20.3. The summed E-state index contributed by atoms with van der Waals surface area (Å²) in [5.41, 5.74) is -2.47. The number of rotatable bonds is 8. The molecule has 36 heavy (non-hydrogen) atoms. The molecule has 0 aliphatic carbocycles. The first kappa shape index (κ1) is 29.5. The Morgan fingerprint density at radius 3 is 1.97 bits per heavy atom. The minimum absolute atomic E-state index is 0.122. The Bertz CT molecular complexity index is 1100. The molecule has 3 rings (SSSR count). The molecule has 0 radical (unpaired) electrons. The normalized spacial score (nSPS) is 17.5. The molecule has 2 aromatic heterocycles. The topological polar surface area (TPSA) is 167 Å². The molecule has 3 heterocycles. The van der Waals surface area contributed by atoms with Gasteiger partial charge < -0.3 is 18.6 Å². The molecule has 0 spiro atoms. The van der Waals surface area contributed by atoms with E-state index in [1.54, 1.807) is 55.3 Å². The molecule has 12 heteroatoms. The van der Waals surface area contributed by atoms with E-state index in [0.717, 1.165) is 0 Å². The summed E-state index contributed by atoms with van der Waals surface area (Å²) in [6.07, 6.45) is 7.39. The predicted octanol–water partition coefficient (Wildman–Crippen LogP) is 1.28. The van der Waals surface area contributed by atoms with E-state index < -0.39 is 28.9 Å². The van der Waals surface area contributed by atoms with E-state index >= 15 is 0 Å². The van der Waals surface area contributed by atoms with Crippen LogP contribution in [0.25, 0.3) is 0 Å². The van der Waals surface area contributed by atoms with Crippen LogP contribution >= 0.6 is 0 Å². The molecule has 12 nitrogen and oxygen atoms in total. The summed E-state index contributed by atoms with van der Waals surface area (Å²) in [6.45, 7) is 5.78. The van der Waals surface area contributed by atoms with E-state index in [4.69, 9.17) is 24.3 Å². The average Bonchev–Trinajstić information content (AvgIpc) is 3.61. The van der Waals surface area contributed by atoms with Gasteiger partial charge in [0.25, 0.3) is 5.91 Å². The number of nitriles is 1. The lowest BCUT2D eigenvalue weighted by molar-refractivity contribution is -0.191. The number of hydrogen-bond donors (Lipinski definition) is 1. The molecular weight excluding hydrogens is 472 g/mol. The molecule has 0 bridgehead atoms. The highest BCUT2D eigenvalue weighted by atomic mass is 16.5. The van der Waals surface area contributed by atoms with Gasteiger partial charge in [0, 0.05) is 24.8 Å². The SMILES string of the molecule is CCOC(=O)C(CC)(CC#N)n1cccc1.CCOC(=O)C1(n2cccc2)CC(=O)NC1=O.O=C=O. The molecule has 1 aliphatic rings. The van der Waals surface area contributed by atoms with Crippen LogP contribution in [-0.2, 0) is 49.3 Å². The Hall–Kier alpha value is -4.49. The van der Waals surface area contributed by atoms with Crippen molar-refractivity contribution in [3.8, 4) is 6.07 Å². The molecule has 1 N–H and O–H groups in total. The Morgan fingerprint density at radius 1 is 1.03 bits per heavy atom. The second-order valence-electron chi connectivity index (χ2n) is 7.34. The quantitative estimate of drug-likeness (QED) is 0.319. The Labute approximate surface area is 207 Å². The Balaban J connectivity index is 0.000000325. The van der Waals surface area contributed by atoms with E-state index in [1.165, 1.54) is 4.57 Å². The predicted molar refractivity (Wildman–Crippen MR) is 121 cm³/mol. The zero-order valence-corrected chi connectivity index (χ0v) is 20.3. The summed E-state index contributed by atoms with van der Waals surface area (Å²) in [5, 5.41) is 11.0. The van der Waals surface area contributed by atoms with E-state index in [9.17, 15) is 19.2 Å². The van der Waals surface area contributed by atoms with Crippen molar-refractivity contribution in [2.45, 2.75) is 51.1 Å². The van der Waals surface area contributed by atoms with Crippen LogP contribution in [0.5, 0.6) is 0 Å². The van der Waals surface area contributed by atoms with Crippen LogP contribution in [0.3, 0.4) is 0 Å². The second-order valence-corrected chi connectivity index (χ2v) is 7.34. The van der Waals surface area contributed by atoms with E-state index in [2.05, 4.69) is 11.4 Å². The van der Waals surface area contributed by atoms with E-state index in [-0.39, 0.29) is 31.6 Å². The van der Waals surface area contributed by atoms with Crippen molar-refractivity contribution >= 4 is 29.9 Å². The highest BCUT2D eigenvalue weighted by Gasteiger charge is 2.55. The number of imide groups is 1. The number of nitrogens with zero attached hydrogens (tertiary/aromatic N) is 3. The Morgan fingerprint density at radius 2 is 1.56 bits per heavy atom. The van der Waals surface area contributed by atoms with Gasteiger partial charge in [0.15, 0.2) is 5.54 Å². The minimum atomic E-state index is -1.59. The molecule has 2 amide bonds. The summed E-state index contributed by atoms with van der Waals surface area (Å²) in [5.74, 6) is -2.16. The third-order valence-electron chi connectivity index (χ3n) is 5.41. The summed E-state index contributed by atoms with van der Waals surface area (Å²) >= 11 is 0. The van der Waals surface area contributed by atoms with Gasteiger partial charge >= 0.3 is 18.1 Å². The number of nitrogens with one attached hydrogen (secondary N) is 1. The van der Waals surface area contributed by atoms with Gasteiger partial charge in [-0.3, -0.25) is 14.9 Å². The van der Waals surface area contributed by atoms with Crippen molar-refractivity contribution in [3.05, 3.63) is 49.1 Å². The van der Waals surface area contributed by atoms with Gasteiger partial charge in [-0.1, -0.05) is 6.92 Å². The van der Waals surface area contributed by atoms with Gasteiger partial charge in [-0.05, 0) is 44.5 Å². The number of carbonyl (C=O) groups excluding carboxylic acids is 6. The molecule has 1 aliphatic heterocycles. The highest BCUT2D eigenvalue weighted by molar-refractivity contribution is 6.17. The molecule has 2 unspecified atom stereocenters. The van der Waals surface area contributed by atoms with Gasteiger partial charge in [-0.25, -0.2) is 9.59 Å². The maximum absolute atomic E-state index is 12.0. The second kappa shape index (κ2) is 14.0. The van der Waals surface area contributed by atoms with Crippen LogP contribution in [0, 0.1) is 11.3 Å². The van der Waals surface area contributed by atoms with E-state index in [0.29, 0.717) is 13.0 Å². The van der Waals surface area contributed by atoms with Crippen LogP contribution < -0.4 is 5.32 Å². The number of aromatic nitrogens is 2. The first-order valence-corrected chi connectivity index (χ1v) is 11.1. The largest absolute Gasteiger partial charge is 0.464 e. The lowest BCUT2D eigenvalue weighted by Gasteiger charge is -2.29. The first-order valence-electron chi connectivity index (χ1n) is 11.1. The fourth-order valence-corrected chi connectivity index (χ4v) is 3.64. The molecule has 2 aromatic rings. The monoisotopic (exact) mass is 500 g/mol. The maximum atomic E-state index is 12.0. The zero-order chi connectivity index (χ0) is 27.2. The fourth-order valence-electron chi connectivity index (χ4n) is 3.64. The number of hydrogen-bond acceptors (Lipinski definition) is 9. The van der Waals surface area contributed by atoms with Gasteiger partial charge in [-0.15, -0.1) is 0 Å². The van der Waals surface area contributed by atoms with Crippen molar-refractivity contribution in [2.24, 2.45) is 0 Å². The van der Waals surface area contributed by atoms with Crippen LogP contribution in [0.1, 0.15) is 40.0 Å². The lowest BCUT2D eigenvalue weighted by Crippen LogP contribution is -2.48. The smallest absolute Gasteiger partial charge is 0.373 e. The third kappa shape index (κ3) is 6.34. The van der Waals surface area contributed by atoms with Crippen LogP contribution in [0.15, 0.2) is 49.1 Å². The average molecular weight is 501 g/mol. The summed E-state index contributed by atoms with van der Waals surface area (Å²) in [4.78, 5) is 63.4. The standard InChI is InChI=1S/C12H16N2O2.C11H12N2O4.CO2/c1-3-12(7-8-13,11(15)16-4-2)14-9-5-6-10-14;1-2-17-10(16)11(13-5-3-4-6-13)7-8(14)12-9(11)15;2-1-3/h5-6,9-10H,3-4,7H2,1-2H3;3-6H,2,7H2,1H3,(H,12,14,15);. The highest BCUT2D eigenvalue weighted by Crippen LogP contribution is 2.29. The Kier molecular flexibility index (Phi) is 11.5. The number of carbonyl (C=O) groups is 4. The molecule has 1 fully saturated rings. The molecule has 2 atom stereocenters. The van der Waals surface area contributed by atoms with Crippen LogP contribution in [0.2, 0.25) is 0 Å². The van der Waals surface area contributed by atoms with Gasteiger partial charge in [0.2, 0.25) is 11.4 Å². The third-order valence-corrected chi connectivity index (χ3v) is 5.41. The summed E-state index contributed by atoms with van der Waals surface area (Å²) in [6, 6.07) is 9.09. The van der Waals surface area contributed by atoms with Crippen molar-refractivity contribution in [3.63, 3.8) is 0 Å². The van der Waals surface area contributed by atoms with E-state index in [1.807, 2.05) is 19.1 Å². The number of esters is 2. The van der Waals surface area contributed by atoms with Crippen molar-refractivity contribution in [2.75, 3.05) is 13.2 Å². The van der Waals surface area contributed by atoms with Crippen molar-refractivity contribution in [1.29, 1.82) is 5.26 Å². The van der Waals surface area contributed by atoms with Gasteiger partial charge in [0.05, 0.1) is 32.1 Å². The maximum Gasteiger partial charge on any atom is 0.373 e. The molecule has 192 valence electrons. The molecule has 1 saturated heterocycles. The fraction of sp³-hybridized carbons (Fsp3) is 0.417. The number of ether oxygens (including phenoxy) is 2. The van der Waals surface area contributed by atoms with Crippen LogP contribution in [0.4, 0.5) is 0 Å². The van der Waals surface area contributed by atoms with Crippen LogP contribution in [-0.4, -0.2) is 52.3 Å². The molecule has 0 aromatic carbocycles. The summed E-state index contributed by atoms with van der Waals surface area (Å²) < 4.78 is 13.1.